The first-order valence-corrected chi connectivity index (χ1v) is 10.0. The minimum absolute atomic E-state index is 0.0592. The Bertz CT molecular complexity index is 905. The highest BCUT2D eigenvalue weighted by molar-refractivity contribution is 5.95. The summed E-state index contributed by atoms with van der Waals surface area (Å²) >= 11 is 0. The lowest BCUT2D eigenvalue weighted by Crippen LogP contribution is -2.42. The van der Waals surface area contributed by atoms with Crippen LogP contribution in [0.2, 0.25) is 0 Å². The van der Waals surface area contributed by atoms with E-state index in [0.717, 1.165) is 49.5 Å². The topological polar surface area (TPSA) is 93.1 Å². The molecule has 0 spiro atoms. The van der Waals surface area contributed by atoms with Crippen molar-refractivity contribution in [3.05, 3.63) is 45.4 Å². The highest BCUT2D eigenvalue weighted by atomic mass is 16.5. The Kier molecular flexibility index (Phi) is 5.30. The van der Waals surface area contributed by atoms with Crippen molar-refractivity contribution >= 4 is 5.91 Å². The summed E-state index contributed by atoms with van der Waals surface area (Å²) in [6.45, 7) is 6.18. The molecule has 2 aliphatic heterocycles. The van der Waals surface area contributed by atoms with Crippen LogP contribution in [0.5, 0.6) is 0 Å². The van der Waals surface area contributed by atoms with Crippen LogP contribution >= 0.6 is 0 Å². The second kappa shape index (κ2) is 7.87. The molecule has 2 saturated heterocycles. The Morgan fingerprint density at radius 1 is 1.29 bits per heavy atom. The van der Waals surface area contributed by atoms with Crippen molar-refractivity contribution in [2.75, 3.05) is 19.7 Å². The fourth-order valence-corrected chi connectivity index (χ4v) is 4.12. The van der Waals surface area contributed by atoms with Crippen LogP contribution in [-0.4, -0.2) is 56.4 Å². The number of nitrogens with zero attached hydrogens (tertiary/aromatic N) is 4. The van der Waals surface area contributed by atoms with Gasteiger partial charge in [0.05, 0.1) is 12.6 Å². The molecular weight excluding hydrogens is 358 g/mol. The average molecular weight is 385 g/mol. The van der Waals surface area contributed by atoms with Gasteiger partial charge in [-0.2, -0.15) is 5.10 Å². The minimum atomic E-state index is -0.216. The number of H-pyrrole nitrogens is 1. The largest absolute Gasteiger partial charge is 0.376 e. The van der Waals surface area contributed by atoms with Gasteiger partial charge in [0, 0.05) is 31.8 Å². The van der Waals surface area contributed by atoms with E-state index in [1.807, 2.05) is 19.9 Å². The number of hydrogen-bond acceptors (Lipinski definition) is 5. The lowest BCUT2D eigenvalue weighted by molar-refractivity contribution is 0.0705. The quantitative estimate of drug-likeness (QED) is 0.866. The number of pyridine rings is 1. The molecule has 0 aliphatic carbocycles. The van der Waals surface area contributed by atoms with Crippen LogP contribution in [0.3, 0.4) is 0 Å². The Morgan fingerprint density at radius 2 is 2.07 bits per heavy atom. The average Bonchev–Trinajstić information content (AvgIpc) is 3.36. The first-order valence-electron chi connectivity index (χ1n) is 10.0. The predicted molar refractivity (Wildman–Crippen MR) is 103 cm³/mol. The molecule has 1 amide bonds. The van der Waals surface area contributed by atoms with Crippen molar-refractivity contribution in [1.29, 1.82) is 0 Å². The zero-order valence-electron chi connectivity index (χ0n) is 16.5. The molecule has 1 N–H and O–H groups in total. The van der Waals surface area contributed by atoms with E-state index in [1.54, 1.807) is 15.7 Å². The number of aryl methyl sites for hydroxylation is 2. The van der Waals surface area contributed by atoms with Crippen LogP contribution in [0.4, 0.5) is 0 Å². The van der Waals surface area contributed by atoms with Crippen LogP contribution in [-0.2, 0) is 11.3 Å². The number of aromatic amines is 1. The molecule has 1 atom stereocenters. The second-order valence-corrected chi connectivity index (χ2v) is 7.81. The summed E-state index contributed by atoms with van der Waals surface area (Å²) in [4.78, 5) is 32.3. The summed E-state index contributed by atoms with van der Waals surface area (Å²) in [7, 11) is 0. The number of likely N-dealkylation sites (tertiary alicyclic amines) is 1. The molecule has 1 unspecified atom stereocenters. The number of carbonyl (C=O) groups excluding carboxylic acids is 1. The van der Waals surface area contributed by atoms with Crippen LogP contribution in [0.1, 0.15) is 59.2 Å². The third-order valence-corrected chi connectivity index (χ3v) is 5.77. The molecule has 8 heteroatoms. The summed E-state index contributed by atoms with van der Waals surface area (Å²) in [5.41, 5.74) is 0.796. The summed E-state index contributed by atoms with van der Waals surface area (Å²) in [5.74, 6) is 1.70. The molecule has 150 valence electrons. The van der Waals surface area contributed by atoms with E-state index in [-0.39, 0.29) is 29.1 Å². The van der Waals surface area contributed by atoms with Crippen LogP contribution < -0.4 is 5.56 Å². The van der Waals surface area contributed by atoms with Gasteiger partial charge in [-0.3, -0.25) is 14.7 Å². The van der Waals surface area contributed by atoms with Crippen molar-refractivity contribution in [3.8, 4) is 0 Å². The van der Waals surface area contributed by atoms with Crippen LogP contribution in [0, 0.1) is 13.8 Å². The maximum atomic E-state index is 13.1. The number of aromatic nitrogens is 4. The van der Waals surface area contributed by atoms with Gasteiger partial charge in [0.15, 0.2) is 5.82 Å². The molecule has 28 heavy (non-hydrogen) atoms. The minimum Gasteiger partial charge on any atom is -0.376 e. The highest BCUT2D eigenvalue weighted by Gasteiger charge is 2.29. The fourth-order valence-electron chi connectivity index (χ4n) is 4.12. The Labute approximate surface area is 163 Å². The maximum absolute atomic E-state index is 13.1. The van der Waals surface area contributed by atoms with E-state index < -0.39 is 0 Å². The molecule has 4 rings (SSSR count). The van der Waals surface area contributed by atoms with Crippen LogP contribution in [0.15, 0.2) is 17.1 Å². The molecule has 2 aliphatic rings. The summed E-state index contributed by atoms with van der Waals surface area (Å²) < 4.78 is 7.27. The van der Waals surface area contributed by atoms with Crippen molar-refractivity contribution in [2.45, 2.75) is 58.1 Å². The van der Waals surface area contributed by atoms with Gasteiger partial charge in [0.1, 0.15) is 11.4 Å². The van der Waals surface area contributed by atoms with Crippen molar-refractivity contribution < 1.29 is 9.53 Å². The molecule has 0 radical (unpaired) electrons. The molecule has 0 aromatic carbocycles. The summed E-state index contributed by atoms with van der Waals surface area (Å²) in [6.07, 6.45) is 5.42. The first kappa shape index (κ1) is 18.9. The third kappa shape index (κ3) is 3.73. The lowest BCUT2D eigenvalue weighted by atomic mass is 9.95. The molecule has 0 bridgehead atoms. The second-order valence-electron chi connectivity index (χ2n) is 7.81. The van der Waals surface area contributed by atoms with Crippen molar-refractivity contribution in [1.82, 2.24) is 24.6 Å². The van der Waals surface area contributed by atoms with E-state index in [1.165, 1.54) is 0 Å². The third-order valence-electron chi connectivity index (χ3n) is 5.77. The first-order chi connectivity index (χ1) is 13.5. The predicted octanol–water partition coefficient (Wildman–Crippen LogP) is 1.78. The van der Waals surface area contributed by atoms with E-state index in [4.69, 9.17) is 4.74 Å². The number of piperidine rings is 1. The van der Waals surface area contributed by atoms with Gasteiger partial charge in [0.2, 0.25) is 0 Å². The number of rotatable bonds is 4. The van der Waals surface area contributed by atoms with E-state index in [2.05, 4.69) is 15.2 Å². The normalized spacial score (nSPS) is 20.6. The summed E-state index contributed by atoms with van der Waals surface area (Å²) in [6, 6.07) is 1.85. The van der Waals surface area contributed by atoms with E-state index >= 15 is 0 Å². The molecule has 2 aromatic rings. The number of nitrogens with one attached hydrogen (secondary N) is 1. The van der Waals surface area contributed by atoms with Crippen molar-refractivity contribution in [2.24, 2.45) is 0 Å². The highest BCUT2D eigenvalue weighted by Crippen LogP contribution is 2.26. The van der Waals surface area contributed by atoms with Crippen LogP contribution in [0.25, 0.3) is 0 Å². The molecule has 0 saturated carbocycles. The fraction of sp³-hybridized carbons (Fsp3) is 0.600. The number of ether oxygens (including phenoxy) is 1. The zero-order valence-corrected chi connectivity index (χ0v) is 16.5. The molecule has 2 aromatic heterocycles. The monoisotopic (exact) mass is 385 g/mol. The number of hydrogen-bond donors (Lipinski definition) is 1. The smallest absolute Gasteiger partial charge is 0.263 e. The molecule has 2 fully saturated rings. The molecule has 8 nitrogen and oxygen atoms in total. The Hall–Kier alpha value is -2.48. The van der Waals surface area contributed by atoms with Gasteiger partial charge in [-0.15, -0.1) is 0 Å². The standard InChI is InChI=1S/C20H27N5O3/c1-13-5-8-25(12-16-4-3-11-28-16)20(27)17(13)19(26)24-9-6-15(7-10-24)18-21-14(2)22-23-18/h5,8,15-16H,3-4,6-7,9-12H2,1-2H3,(H,21,22,23). The number of amides is 1. The van der Waals surface area contributed by atoms with Gasteiger partial charge < -0.3 is 14.2 Å². The molecule has 4 heterocycles. The van der Waals surface area contributed by atoms with Gasteiger partial charge in [-0.25, -0.2) is 4.98 Å². The maximum Gasteiger partial charge on any atom is 0.263 e. The van der Waals surface area contributed by atoms with Gasteiger partial charge in [0.25, 0.3) is 11.5 Å². The Morgan fingerprint density at radius 3 is 2.71 bits per heavy atom. The van der Waals surface area contributed by atoms with E-state index in [0.29, 0.717) is 19.6 Å². The lowest BCUT2D eigenvalue weighted by Gasteiger charge is -2.31. The Balaban J connectivity index is 1.48. The van der Waals surface area contributed by atoms with Gasteiger partial charge >= 0.3 is 0 Å². The SMILES string of the molecule is Cc1nc(C2CCN(C(=O)c3c(C)ccn(CC4CCCO4)c3=O)CC2)n[nH]1. The zero-order chi connectivity index (χ0) is 19.7. The van der Waals surface area contributed by atoms with Gasteiger partial charge in [-0.1, -0.05) is 0 Å². The van der Waals surface area contributed by atoms with Gasteiger partial charge in [-0.05, 0) is 51.2 Å². The van der Waals surface area contributed by atoms with E-state index in [9.17, 15) is 9.59 Å². The molecular formula is C20H27N5O3. The number of carbonyl (C=O) groups is 1. The van der Waals surface area contributed by atoms with Crippen molar-refractivity contribution in [3.63, 3.8) is 0 Å². The summed E-state index contributed by atoms with van der Waals surface area (Å²) in [5, 5.41) is 7.13.